The van der Waals surface area contributed by atoms with E-state index in [1.54, 1.807) is 0 Å². The van der Waals surface area contributed by atoms with Crippen LogP contribution in [-0.2, 0) is 6.42 Å². The topological polar surface area (TPSA) is 27.3 Å². The van der Waals surface area contributed by atoms with Crippen LogP contribution < -0.4 is 10.6 Å². The van der Waals surface area contributed by atoms with E-state index in [2.05, 4.69) is 52.9 Å². The van der Waals surface area contributed by atoms with Gasteiger partial charge in [-0.15, -0.1) is 0 Å². The zero-order valence-electron chi connectivity index (χ0n) is 13.9. The Morgan fingerprint density at radius 2 is 2.05 bits per heavy atom. The second-order valence-corrected chi connectivity index (χ2v) is 6.94. The lowest BCUT2D eigenvalue weighted by Crippen LogP contribution is -2.56. The molecule has 1 aromatic rings. The lowest BCUT2D eigenvalue weighted by Gasteiger charge is -2.43. The van der Waals surface area contributed by atoms with Crippen LogP contribution in [0.25, 0.3) is 0 Å². The van der Waals surface area contributed by atoms with Crippen LogP contribution >= 0.6 is 0 Å². The highest BCUT2D eigenvalue weighted by atomic mass is 15.2. The number of nitrogens with one attached hydrogen (secondary N) is 2. The molecular weight excluding hydrogens is 270 g/mol. The van der Waals surface area contributed by atoms with Crippen molar-refractivity contribution in [2.24, 2.45) is 5.92 Å². The molecular formula is C19H31N3. The summed E-state index contributed by atoms with van der Waals surface area (Å²) in [4.78, 5) is 2.68. The molecule has 122 valence electrons. The Labute approximate surface area is 135 Å². The molecule has 1 aromatic carbocycles. The van der Waals surface area contributed by atoms with Gasteiger partial charge >= 0.3 is 0 Å². The van der Waals surface area contributed by atoms with Crippen molar-refractivity contribution in [3.8, 4) is 0 Å². The Kier molecular flexibility index (Phi) is 5.88. The van der Waals surface area contributed by atoms with E-state index < -0.39 is 0 Å². The van der Waals surface area contributed by atoms with Gasteiger partial charge in [-0.25, -0.2) is 0 Å². The van der Waals surface area contributed by atoms with Crippen LogP contribution in [0.2, 0.25) is 0 Å². The van der Waals surface area contributed by atoms with Crippen molar-refractivity contribution in [2.75, 3.05) is 33.2 Å². The zero-order chi connectivity index (χ0) is 15.2. The Hall–Kier alpha value is -0.900. The molecule has 2 saturated heterocycles. The van der Waals surface area contributed by atoms with Gasteiger partial charge in [-0.05, 0) is 51.4 Å². The first-order chi connectivity index (χ1) is 10.9. The van der Waals surface area contributed by atoms with E-state index in [0.29, 0.717) is 12.1 Å². The van der Waals surface area contributed by atoms with E-state index in [1.165, 1.54) is 63.8 Å². The third-order valence-corrected chi connectivity index (χ3v) is 5.54. The molecule has 0 amide bonds. The lowest BCUT2D eigenvalue weighted by atomic mass is 9.82. The summed E-state index contributed by atoms with van der Waals surface area (Å²) in [5.41, 5.74) is 1.46. The highest BCUT2D eigenvalue weighted by Crippen LogP contribution is 2.25. The largest absolute Gasteiger partial charge is 0.317 e. The van der Waals surface area contributed by atoms with Crippen LogP contribution in [0.1, 0.15) is 31.2 Å². The molecule has 0 saturated carbocycles. The van der Waals surface area contributed by atoms with Gasteiger partial charge in [-0.3, -0.25) is 0 Å². The zero-order valence-corrected chi connectivity index (χ0v) is 13.9. The van der Waals surface area contributed by atoms with Crippen molar-refractivity contribution in [1.29, 1.82) is 0 Å². The van der Waals surface area contributed by atoms with Crippen molar-refractivity contribution in [3.05, 3.63) is 35.9 Å². The van der Waals surface area contributed by atoms with E-state index in [0.717, 1.165) is 5.92 Å². The predicted octanol–water partition coefficient (Wildman–Crippen LogP) is 2.28. The van der Waals surface area contributed by atoms with Crippen LogP contribution in [0.15, 0.2) is 30.3 Å². The third kappa shape index (κ3) is 4.09. The number of likely N-dealkylation sites (tertiary alicyclic amines) is 1. The minimum Gasteiger partial charge on any atom is -0.317 e. The van der Waals surface area contributed by atoms with Crippen molar-refractivity contribution in [1.82, 2.24) is 15.5 Å². The van der Waals surface area contributed by atoms with Crippen LogP contribution in [0.3, 0.4) is 0 Å². The standard InChI is InChI=1S/C19H31N3/c1-20-18-11-14-22(13-10-16-7-3-2-4-8-16)15-17(18)19-9-5-6-12-21-19/h2-4,7-8,17-21H,5-6,9-15H2,1H3. The average molecular weight is 301 g/mol. The average Bonchev–Trinajstić information content (AvgIpc) is 2.61. The van der Waals surface area contributed by atoms with Gasteiger partial charge in [0.1, 0.15) is 0 Å². The van der Waals surface area contributed by atoms with Gasteiger partial charge in [0.25, 0.3) is 0 Å². The molecule has 0 radical (unpaired) electrons. The monoisotopic (exact) mass is 301 g/mol. The lowest BCUT2D eigenvalue weighted by molar-refractivity contribution is 0.106. The highest BCUT2D eigenvalue weighted by Gasteiger charge is 2.34. The van der Waals surface area contributed by atoms with E-state index >= 15 is 0 Å². The summed E-state index contributed by atoms with van der Waals surface area (Å²) in [5, 5.41) is 7.36. The maximum atomic E-state index is 3.78. The van der Waals surface area contributed by atoms with Crippen molar-refractivity contribution < 1.29 is 0 Å². The fourth-order valence-electron chi connectivity index (χ4n) is 4.20. The molecule has 3 unspecified atom stereocenters. The Bertz CT molecular complexity index is 428. The molecule has 2 N–H and O–H groups in total. The molecule has 0 aliphatic carbocycles. The summed E-state index contributed by atoms with van der Waals surface area (Å²) in [7, 11) is 2.14. The van der Waals surface area contributed by atoms with E-state index in [1.807, 2.05) is 0 Å². The summed E-state index contributed by atoms with van der Waals surface area (Å²) >= 11 is 0. The second kappa shape index (κ2) is 8.09. The van der Waals surface area contributed by atoms with E-state index in [9.17, 15) is 0 Å². The summed E-state index contributed by atoms with van der Waals surface area (Å²) < 4.78 is 0. The maximum Gasteiger partial charge on any atom is 0.0132 e. The summed E-state index contributed by atoms with van der Waals surface area (Å²) in [5.74, 6) is 0.759. The number of rotatable bonds is 5. The van der Waals surface area contributed by atoms with Crippen molar-refractivity contribution >= 4 is 0 Å². The number of hydrogen-bond donors (Lipinski definition) is 2. The summed E-state index contributed by atoms with van der Waals surface area (Å²) in [6, 6.07) is 12.3. The fourth-order valence-corrected chi connectivity index (χ4v) is 4.20. The van der Waals surface area contributed by atoms with Gasteiger partial charge in [0.05, 0.1) is 0 Å². The first-order valence-corrected chi connectivity index (χ1v) is 9.04. The minimum absolute atomic E-state index is 0.684. The van der Waals surface area contributed by atoms with Crippen LogP contribution in [0.4, 0.5) is 0 Å². The Morgan fingerprint density at radius 1 is 1.18 bits per heavy atom. The number of benzene rings is 1. The smallest absolute Gasteiger partial charge is 0.0132 e. The molecule has 2 aliphatic heterocycles. The third-order valence-electron chi connectivity index (χ3n) is 5.54. The maximum absolute atomic E-state index is 3.78. The van der Waals surface area contributed by atoms with Gasteiger partial charge in [-0.1, -0.05) is 36.8 Å². The first-order valence-electron chi connectivity index (χ1n) is 9.04. The molecule has 0 spiro atoms. The van der Waals surface area contributed by atoms with Gasteiger partial charge in [0.2, 0.25) is 0 Å². The van der Waals surface area contributed by atoms with Gasteiger partial charge in [-0.2, -0.15) is 0 Å². The number of hydrogen-bond acceptors (Lipinski definition) is 3. The Morgan fingerprint density at radius 3 is 2.77 bits per heavy atom. The van der Waals surface area contributed by atoms with Crippen LogP contribution in [0.5, 0.6) is 0 Å². The molecule has 3 atom stereocenters. The van der Waals surface area contributed by atoms with Gasteiger partial charge in [0, 0.05) is 31.1 Å². The van der Waals surface area contributed by atoms with E-state index in [4.69, 9.17) is 0 Å². The van der Waals surface area contributed by atoms with Crippen LogP contribution in [-0.4, -0.2) is 50.2 Å². The number of piperidine rings is 2. The normalized spacial score (nSPS) is 30.3. The summed E-state index contributed by atoms with van der Waals surface area (Å²) in [6.45, 7) is 4.89. The minimum atomic E-state index is 0.684. The molecule has 3 heteroatoms. The fraction of sp³-hybridized carbons (Fsp3) is 0.684. The molecule has 2 heterocycles. The first kappa shape index (κ1) is 16.0. The molecule has 3 rings (SSSR count). The Balaban J connectivity index is 1.55. The van der Waals surface area contributed by atoms with Gasteiger partial charge < -0.3 is 15.5 Å². The van der Waals surface area contributed by atoms with Crippen molar-refractivity contribution in [3.63, 3.8) is 0 Å². The van der Waals surface area contributed by atoms with Gasteiger partial charge in [0.15, 0.2) is 0 Å². The van der Waals surface area contributed by atoms with Crippen molar-refractivity contribution in [2.45, 2.75) is 44.2 Å². The molecule has 2 fully saturated rings. The highest BCUT2D eigenvalue weighted by molar-refractivity contribution is 5.15. The second-order valence-electron chi connectivity index (χ2n) is 6.94. The molecule has 2 aliphatic rings. The van der Waals surface area contributed by atoms with E-state index in [-0.39, 0.29) is 0 Å². The quantitative estimate of drug-likeness (QED) is 0.874. The summed E-state index contributed by atoms with van der Waals surface area (Å²) in [6.07, 6.45) is 6.57. The van der Waals surface area contributed by atoms with Crippen LogP contribution in [0, 0.1) is 5.92 Å². The molecule has 0 aromatic heterocycles. The predicted molar refractivity (Wildman–Crippen MR) is 93.2 cm³/mol. The SMILES string of the molecule is CNC1CCN(CCc2ccccc2)CC1C1CCCCN1. The molecule has 0 bridgehead atoms. The molecule has 3 nitrogen and oxygen atoms in total. The number of nitrogens with zero attached hydrogens (tertiary/aromatic N) is 1. The molecule has 22 heavy (non-hydrogen) atoms.